The van der Waals surface area contributed by atoms with E-state index in [1.54, 1.807) is 12.1 Å². The van der Waals surface area contributed by atoms with Gasteiger partial charge in [0.15, 0.2) is 0 Å². The number of nitrogens with zero attached hydrogens (tertiary/aromatic N) is 2. The Balaban J connectivity index is 1.60. The molecule has 0 aliphatic carbocycles. The quantitative estimate of drug-likeness (QED) is 0.694. The van der Waals surface area contributed by atoms with Crippen LogP contribution in [0.1, 0.15) is 41.1 Å². The Morgan fingerprint density at radius 1 is 1.07 bits per heavy atom. The predicted octanol–water partition coefficient (Wildman–Crippen LogP) is 5.07. The lowest BCUT2D eigenvalue weighted by Crippen LogP contribution is -2.45. The number of carbonyl (C=O) groups is 1. The second kappa shape index (κ2) is 8.44. The SMILES string of the molecule is Cc1cccc2c1CCN(C(=O)Cc1ccc(Cl)c(Cl)c1)[C@@H]2CN1CCCC1. The van der Waals surface area contributed by atoms with Crippen LogP contribution in [0.2, 0.25) is 10.0 Å². The van der Waals surface area contributed by atoms with Gasteiger partial charge in [0, 0.05) is 13.1 Å². The van der Waals surface area contributed by atoms with Gasteiger partial charge in [-0.15, -0.1) is 0 Å². The molecule has 2 aromatic rings. The summed E-state index contributed by atoms with van der Waals surface area (Å²) in [6, 6.07) is 12.1. The fraction of sp³-hybridized carbons (Fsp3) is 0.435. The Bertz CT molecular complexity index is 877. The topological polar surface area (TPSA) is 23.6 Å². The first-order valence-corrected chi connectivity index (χ1v) is 10.8. The first-order chi connectivity index (χ1) is 13.5. The smallest absolute Gasteiger partial charge is 0.227 e. The van der Waals surface area contributed by atoms with E-state index in [-0.39, 0.29) is 11.9 Å². The van der Waals surface area contributed by atoms with Gasteiger partial charge in [-0.25, -0.2) is 0 Å². The van der Waals surface area contributed by atoms with Gasteiger partial charge in [0.25, 0.3) is 0 Å². The van der Waals surface area contributed by atoms with E-state index in [2.05, 4.69) is 34.9 Å². The summed E-state index contributed by atoms with van der Waals surface area (Å²) in [5, 5.41) is 1.02. The average molecular weight is 417 g/mol. The van der Waals surface area contributed by atoms with Gasteiger partial charge in [-0.1, -0.05) is 47.5 Å². The summed E-state index contributed by atoms with van der Waals surface area (Å²) in [5.41, 5.74) is 4.99. The maximum atomic E-state index is 13.3. The molecule has 1 saturated heterocycles. The maximum Gasteiger partial charge on any atom is 0.227 e. The van der Waals surface area contributed by atoms with Gasteiger partial charge >= 0.3 is 0 Å². The molecule has 1 fully saturated rings. The van der Waals surface area contributed by atoms with Crippen LogP contribution in [-0.2, 0) is 17.6 Å². The number of hydrogen-bond acceptors (Lipinski definition) is 2. The molecule has 1 amide bonds. The van der Waals surface area contributed by atoms with Crippen molar-refractivity contribution >= 4 is 29.1 Å². The van der Waals surface area contributed by atoms with Crippen LogP contribution in [0.3, 0.4) is 0 Å². The average Bonchev–Trinajstić information content (AvgIpc) is 3.18. The molecule has 1 atom stereocenters. The number of fused-ring (bicyclic) bond motifs is 1. The van der Waals surface area contributed by atoms with Crippen LogP contribution in [-0.4, -0.2) is 41.9 Å². The standard InChI is InChI=1S/C23H26Cl2N2O/c1-16-5-4-6-19-18(16)9-12-27(22(19)15-26-10-2-3-11-26)23(28)14-17-7-8-20(24)21(25)13-17/h4-8,13,22H,2-3,9-12,14-15H2,1H3/t22-/m1/s1. The molecular formula is C23H26Cl2N2O. The highest BCUT2D eigenvalue weighted by Crippen LogP contribution is 2.34. The van der Waals surface area contributed by atoms with Crippen LogP contribution < -0.4 is 0 Å². The van der Waals surface area contributed by atoms with Crippen LogP contribution >= 0.6 is 23.2 Å². The number of aryl methyl sites for hydroxylation is 1. The largest absolute Gasteiger partial charge is 0.334 e. The molecule has 0 aromatic heterocycles. The van der Waals surface area contributed by atoms with Gasteiger partial charge in [-0.05, 0) is 73.7 Å². The van der Waals surface area contributed by atoms with E-state index in [9.17, 15) is 4.79 Å². The third-order valence-corrected chi connectivity index (χ3v) is 6.81. The zero-order valence-corrected chi connectivity index (χ0v) is 17.8. The zero-order valence-electron chi connectivity index (χ0n) is 16.3. The first kappa shape index (κ1) is 19.8. The van der Waals surface area contributed by atoms with E-state index in [0.717, 1.165) is 38.2 Å². The molecule has 5 heteroatoms. The molecule has 3 nitrogen and oxygen atoms in total. The molecule has 2 heterocycles. The molecule has 2 aliphatic heterocycles. The molecule has 0 bridgehead atoms. The summed E-state index contributed by atoms with van der Waals surface area (Å²) < 4.78 is 0. The van der Waals surface area contributed by atoms with Crippen molar-refractivity contribution in [3.8, 4) is 0 Å². The molecular weight excluding hydrogens is 391 g/mol. The molecule has 148 valence electrons. The van der Waals surface area contributed by atoms with Crippen LogP contribution in [0.15, 0.2) is 36.4 Å². The number of amides is 1. The van der Waals surface area contributed by atoms with Gasteiger partial charge in [-0.2, -0.15) is 0 Å². The van der Waals surface area contributed by atoms with Gasteiger partial charge in [0.2, 0.25) is 5.91 Å². The Morgan fingerprint density at radius 2 is 1.86 bits per heavy atom. The molecule has 4 rings (SSSR count). The molecule has 0 radical (unpaired) electrons. The fourth-order valence-electron chi connectivity index (χ4n) is 4.57. The molecule has 2 aromatic carbocycles. The van der Waals surface area contributed by atoms with Crippen molar-refractivity contribution < 1.29 is 4.79 Å². The first-order valence-electron chi connectivity index (χ1n) is 10.1. The third kappa shape index (κ3) is 4.07. The van der Waals surface area contributed by atoms with Crippen LogP contribution in [0.25, 0.3) is 0 Å². The van der Waals surface area contributed by atoms with E-state index in [0.29, 0.717) is 16.5 Å². The highest BCUT2D eigenvalue weighted by atomic mass is 35.5. The Morgan fingerprint density at radius 3 is 2.61 bits per heavy atom. The Kier molecular flexibility index (Phi) is 5.96. The minimum Gasteiger partial charge on any atom is -0.334 e. The van der Waals surface area contributed by atoms with Crippen molar-refractivity contribution in [3.63, 3.8) is 0 Å². The Hall–Kier alpha value is -1.55. The molecule has 2 aliphatic rings. The highest BCUT2D eigenvalue weighted by Gasteiger charge is 2.33. The highest BCUT2D eigenvalue weighted by molar-refractivity contribution is 6.42. The third-order valence-electron chi connectivity index (χ3n) is 6.07. The lowest BCUT2D eigenvalue weighted by molar-refractivity contribution is -0.133. The van der Waals surface area contributed by atoms with Crippen molar-refractivity contribution in [1.82, 2.24) is 9.80 Å². The predicted molar refractivity (Wildman–Crippen MR) is 115 cm³/mol. The van der Waals surface area contributed by atoms with Crippen LogP contribution in [0, 0.1) is 6.92 Å². The van der Waals surface area contributed by atoms with Crippen molar-refractivity contribution in [1.29, 1.82) is 0 Å². The number of benzene rings is 2. The minimum atomic E-state index is 0.122. The van der Waals surface area contributed by atoms with Crippen molar-refractivity contribution in [2.75, 3.05) is 26.2 Å². The number of rotatable bonds is 4. The van der Waals surface area contributed by atoms with Crippen LogP contribution in [0.5, 0.6) is 0 Å². The van der Waals surface area contributed by atoms with E-state index in [4.69, 9.17) is 23.2 Å². The molecule has 0 saturated carbocycles. The van der Waals surface area contributed by atoms with E-state index in [1.807, 2.05) is 6.07 Å². The lowest BCUT2D eigenvalue weighted by Gasteiger charge is -2.40. The zero-order chi connectivity index (χ0) is 19.7. The summed E-state index contributed by atoms with van der Waals surface area (Å²) in [7, 11) is 0. The Labute approximate surface area is 177 Å². The van der Waals surface area contributed by atoms with Gasteiger partial charge in [0.1, 0.15) is 0 Å². The second-order valence-corrected chi connectivity index (χ2v) is 8.74. The number of likely N-dealkylation sites (tertiary alicyclic amines) is 1. The van der Waals surface area contributed by atoms with Crippen molar-refractivity contribution in [3.05, 3.63) is 68.7 Å². The van der Waals surface area contributed by atoms with E-state index in [1.165, 1.54) is 29.5 Å². The number of halogens is 2. The van der Waals surface area contributed by atoms with Crippen molar-refractivity contribution in [2.45, 2.75) is 38.6 Å². The second-order valence-electron chi connectivity index (χ2n) is 7.93. The molecule has 0 N–H and O–H groups in total. The number of hydrogen-bond donors (Lipinski definition) is 0. The summed E-state index contributed by atoms with van der Waals surface area (Å²) in [6.45, 7) is 6.14. The minimum absolute atomic E-state index is 0.122. The molecule has 28 heavy (non-hydrogen) atoms. The van der Waals surface area contributed by atoms with E-state index < -0.39 is 0 Å². The number of carbonyl (C=O) groups excluding carboxylic acids is 1. The normalized spacial score (nSPS) is 19.7. The van der Waals surface area contributed by atoms with Crippen LogP contribution in [0.4, 0.5) is 0 Å². The lowest BCUT2D eigenvalue weighted by atomic mass is 9.88. The summed E-state index contributed by atoms with van der Waals surface area (Å²) >= 11 is 12.2. The summed E-state index contributed by atoms with van der Waals surface area (Å²) in [5.74, 6) is 0.162. The summed E-state index contributed by atoms with van der Waals surface area (Å²) in [6.07, 6.45) is 3.79. The van der Waals surface area contributed by atoms with Gasteiger partial charge in [-0.3, -0.25) is 4.79 Å². The summed E-state index contributed by atoms with van der Waals surface area (Å²) in [4.78, 5) is 17.9. The fourth-order valence-corrected chi connectivity index (χ4v) is 4.89. The maximum absolute atomic E-state index is 13.3. The molecule has 0 spiro atoms. The monoisotopic (exact) mass is 416 g/mol. The molecule has 0 unspecified atom stereocenters. The van der Waals surface area contributed by atoms with Gasteiger partial charge < -0.3 is 9.80 Å². The van der Waals surface area contributed by atoms with Gasteiger partial charge in [0.05, 0.1) is 22.5 Å². The van der Waals surface area contributed by atoms with E-state index >= 15 is 0 Å². The van der Waals surface area contributed by atoms with Crippen molar-refractivity contribution in [2.24, 2.45) is 0 Å².